The first-order valence-corrected chi connectivity index (χ1v) is 5.87. The third-order valence-corrected chi connectivity index (χ3v) is 3.28. The quantitative estimate of drug-likeness (QED) is 0.795. The van der Waals surface area contributed by atoms with Gasteiger partial charge in [-0.2, -0.15) is 0 Å². The van der Waals surface area contributed by atoms with E-state index in [-0.39, 0.29) is 5.78 Å². The monoisotopic (exact) mass is 222 g/mol. The summed E-state index contributed by atoms with van der Waals surface area (Å²) in [5.41, 5.74) is 6.30. The van der Waals surface area contributed by atoms with Crippen molar-refractivity contribution in [3.05, 3.63) is 17.5 Å². The number of ketones is 1. The first kappa shape index (κ1) is 11.3. The Kier molecular flexibility index (Phi) is 3.39. The Hall–Kier alpha value is -1.16. The molecule has 1 fully saturated rings. The van der Waals surface area contributed by atoms with Crippen molar-refractivity contribution < 1.29 is 9.32 Å². The lowest BCUT2D eigenvalue weighted by Gasteiger charge is -2.25. The molecule has 0 aromatic carbocycles. The SMILES string of the molecule is Cc1cc(C(=O)CC2CCC(N)CC2)no1. The molecule has 0 radical (unpaired) electrons. The van der Waals surface area contributed by atoms with Crippen LogP contribution in [0.25, 0.3) is 0 Å². The van der Waals surface area contributed by atoms with E-state index in [9.17, 15) is 4.79 Å². The molecule has 0 aliphatic heterocycles. The van der Waals surface area contributed by atoms with E-state index < -0.39 is 0 Å². The second kappa shape index (κ2) is 4.78. The molecule has 2 rings (SSSR count). The number of hydrogen-bond donors (Lipinski definition) is 1. The van der Waals surface area contributed by atoms with E-state index in [4.69, 9.17) is 10.3 Å². The molecule has 1 saturated carbocycles. The molecule has 0 unspecified atom stereocenters. The van der Waals surface area contributed by atoms with E-state index in [2.05, 4.69) is 5.16 Å². The molecule has 0 bridgehead atoms. The molecule has 1 aliphatic carbocycles. The van der Waals surface area contributed by atoms with Crippen LogP contribution in [0.5, 0.6) is 0 Å². The van der Waals surface area contributed by atoms with Gasteiger partial charge < -0.3 is 10.3 Å². The molecule has 0 atom stereocenters. The first-order valence-electron chi connectivity index (χ1n) is 5.87. The summed E-state index contributed by atoms with van der Waals surface area (Å²) in [4.78, 5) is 11.9. The molecule has 88 valence electrons. The van der Waals surface area contributed by atoms with Crippen molar-refractivity contribution in [3.63, 3.8) is 0 Å². The Morgan fingerprint density at radius 1 is 1.50 bits per heavy atom. The average Bonchev–Trinajstić information content (AvgIpc) is 2.68. The van der Waals surface area contributed by atoms with Gasteiger partial charge in [0.2, 0.25) is 0 Å². The van der Waals surface area contributed by atoms with Crippen LogP contribution < -0.4 is 5.73 Å². The van der Waals surface area contributed by atoms with Crippen molar-refractivity contribution in [2.45, 2.75) is 45.1 Å². The lowest BCUT2D eigenvalue weighted by atomic mass is 9.83. The zero-order valence-corrected chi connectivity index (χ0v) is 9.61. The van der Waals surface area contributed by atoms with Gasteiger partial charge in [0, 0.05) is 18.5 Å². The smallest absolute Gasteiger partial charge is 0.185 e. The van der Waals surface area contributed by atoms with E-state index in [1.807, 2.05) is 0 Å². The molecule has 4 heteroatoms. The number of carbonyl (C=O) groups excluding carboxylic acids is 1. The van der Waals surface area contributed by atoms with E-state index in [1.165, 1.54) is 0 Å². The zero-order valence-electron chi connectivity index (χ0n) is 9.61. The molecule has 2 N–H and O–H groups in total. The second-order valence-electron chi connectivity index (χ2n) is 4.73. The molecule has 0 spiro atoms. The van der Waals surface area contributed by atoms with Crippen molar-refractivity contribution in [1.29, 1.82) is 0 Å². The number of nitrogens with two attached hydrogens (primary N) is 1. The number of hydrogen-bond acceptors (Lipinski definition) is 4. The van der Waals surface area contributed by atoms with Gasteiger partial charge in [-0.1, -0.05) is 5.16 Å². The minimum atomic E-state index is 0.0947. The van der Waals surface area contributed by atoms with Gasteiger partial charge in [0.1, 0.15) is 11.5 Å². The standard InChI is InChI=1S/C12H18N2O2/c1-8-6-11(14-16-8)12(15)7-9-2-4-10(13)5-3-9/h6,9-10H,2-5,7,13H2,1H3. The van der Waals surface area contributed by atoms with Gasteiger partial charge in [-0.25, -0.2) is 0 Å². The maximum absolute atomic E-state index is 11.9. The minimum Gasteiger partial charge on any atom is -0.361 e. The summed E-state index contributed by atoms with van der Waals surface area (Å²) < 4.78 is 4.90. The van der Waals surface area contributed by atoms with Crippen LogP contribution in [-0.2, 0) is 0 Å². The summed E-state index contributed by atoms with van der Waals surface area (Å²) in [5, 5.41) is 3.75. The fourth-order valence-electron chi connectivity index (χ4n) is 2.26. The number of aromatic nitrogens is 1. The van der Waals surface area contributed by atoms with Gasteiger partial charge in [-0.3, -0.25) is 4.79 Å². The lowest BCUT2D eigenvalue weighted by Crippen LogP contribution is -2.27. The van der Waals surface area contributed by atoms with Gasteiger partial charge in [0.05, 0.1) is 0 Å². The highest BCUT2D eigenvalue weighted by Crippen LogP contribution is 2.27. The first-order chi connectivity index (χ1) is 7.65. The molecule has 1 aliphatic rings. The minimum absolute atomic E-state index is 0.0947. The van der Waals surface area contributed by atoms with Crippen LogP contribution in [0.2, 0.25) is 0 Å². The highest BCUT2D eigenvalue weighted by molar-refractivity contribution is 5.94. The van der Waals surface area contributed by atoms with Crippen molar-refractivity contribution in [3.8, 4) is 0 Å². The molecular formula is C12H18N2O2. The lowest BCUT2D eigenvalue weighted by molar-refractivity contribution is 0.0939. The van der Waals surface area contributed by atoms with E-state index in [1.54, 1.807) is 13.0 Å². The Morgan fingerprint density at radius 3 is 2.75 bits per heavy atom. The van der Waals surface area contributed by atoms with Gasteiger partial charge in [-0.05, 0) is 38.5 Å². The third-order valence-electron chi connectivity index (χ3n) is 3.28. The summed E-state index contributed by atoms with van der Waals surface area (Å²) in [6.07, 6.45) is 4.78. The van der Waals surface area contributed by atoms with Crippen molar-refractivity contribution >= 4 is 5.78 Å². The molecular weight excluding hydrogens is 204 g/mol. The summed E-state index contributed by atoms with van der Waals surface area (Å²) >= 11 is 0. The largest absolute Gasteiger partial charge is 0.361 e. The molecule has 16 heavy (non-hydrogen) atoms. The Balaban J connectivity index is 1.88. The summed E-state index contributed by atoms with van der Waals surface area (Å²) in [5.74, 6) is 1.26. The maximum Gasteiger partial charge on any atom is 0.185 e. The molecule has 0 amide bonds. The Morgan fingerprint density at radius 2 is 2.19 bits per heavy atom. The van der Waals surface area contributed by atoms with E-state index >= 15 is 0 Å². The number of aryl methyl sites for hydroxylation is 1. The molecule has 4 nitrogen and oxygen atoms in total. The predicted octanol–water partition coefficient (Wildman–Crippen LogP) is 2.07. The van der Waals surface area contributed by atoms with Crippen LogP contribution in [-0.4, -0.2) is 17.0 Å². The van der Waals surface area contributed by atoms with Gasteiger partial charge in [-0.15, -0.1) is 0 Å². The number of Topliss-reactive ketones (excluding diaryl/α,β-unsaturated/α-hetero) is 1. The molecule has 0 saturated heterocycles. The Labute approximate surface area is 95.2 Å². The van der Waals surface area contributed by atoms with Crippen LogP contribution in [0.1, 0.15) is 48.4 Å². The van der Waals surface area contributed by atoms with Crippen LogP contribution >= 0.6 is 0 Å². The number of carbonyl (C=O) groups is 1. The summed E-state index contributed by atoms with van der Waals surface area (Å²) in [7, 11) is 0. The molecule has 1 aromatic rings. The zero-order chi connectivity index (χ0) is 11.5. The highest BCUT2D eigenvalue weighted by atomic mass is 16.5. The topological polar surface area (TPSA) is 69.1 Å². The van der Waals surface area contributed by atoms with Crippen molar-refractivity contribution in [2.24, 2.45) is 11.7 Å². The van der Waals surface area contributed by atoms with E-state index in [0.717, 1.165) is 25.7 Å². The van der Waals surface area contributed by atoms with Gasteiger partial charge in [0.15, 0.2) is 5.78 Å². The van der Waals surface area contributed by atoms with Crippen LogP contribution in [0.3, 0.4) is 0 Å². The normalized spacial score (nSPS) is 25.6. The number of nitrogens with zero attached hydrogens (tertiary/aromatic N) is 1. The van der Waals surface area contributed by atoms with Gasteiger partial charge >= 0.3 is 0 Å². The Bertz CT molecular complexity index is 365. The molecule has 1 aromatic heterocycles. The summed E-state index contributed by atoms with van der Waals surface area (Å²) in [6, 6.07) is 2.04. The van der Waals surface area contributed by atoms with Gasteiger partial charge in [0.25, 0.3) is 0 Å². The van der Waals surface area contributed by atoms with Crippen LogP contribution in [0, 0.1) is 12.8 Å². The van der Waals surface area contributed by atoms with Crippen LogP contribution in [0.15, 0.2) is 10.6 Å². The van der Waals surface area contributed by atoms with E-state index in [0.29, 0.717) is 29.8 Å². The predicted molar refractivity (Wildman–Crippen MR) is 60.1 cm³/mol. The maximum atomic E-state index is 11.9. The highest BCUT2D eigenvalue weighted by Gasteiger charge is 2.22. The third kappa shape index (κ3) is 2.70. The van der Waals surface area contributed by atoms with Crippen LogP contribution in [0.4, 0.5) is 0 Å². The molecule has 1 heterocycles. The average molecular weight is 222 g/mol. The van der Waals surface area contributed by atoms with Crippen molar-refractivity contribution in [1.82, 2.24) is 5.16 Å². The fourth-order valence-corrected chi connectivity index (χ4v) is 2.26. The summed E-state index contributed by atoms with van der Waals surface area (Å²) in [6.45, 7) is 1.80. The number of rotatable bonds is 3. The van der Waals surface area contributed by atoms with Crippen molar-refractivity contribution in [2.75, 3.05) is 0 Å². The second-order valence-corrected chi connectivity index (χ2v) is 4.73. The fraction of sp³-hybridized carbons (Fsp3) is 0.667.